The first-order chi connectivity index (χ1) is 13.2. The number of ether oxygens (including phenoxy) is 1. The highest BCUT2D eigenvalue weighted by Gasteiger charge is 2.27. The molecule has 1 aromatic heterocycles. The van der Waals surface area contributed by atoms with Crippen molar-refractivity contribution in [3.8, 4) is 0 Å². The summed E-state index contributed by atoms with van der Waals surface area (Å²) in [6, 6.07) is 13.8. The molecule has 27 heavy (non-hydrogen) atoms. The van der Waals surface area contributed by atoms with Crippen LogP contribution in [0.5, 0.6) is 0 Å². The smallest absolute Gasteiger partial charge is 0.353 e. The molecule has 0 radical (unpaired) electrons. The van der Waals surface area contributed by atoms with E-state index in [0.717, 1.165) is 16.5 Å². The summed E-state index contributed by atoms with van der Waals surface area (Å²) in [7, 11) is 1.57. The summed E-state index contributed by atoms with van der Waals surface area (Å²) < 4.78 is 4.99. The van der Waals surface area contributed by atoms with Crippen molar-refractivity contribution in [3.63, 3.8) is 0 Å². The molecule has 1 N–H and O–H groups in total. The Morgan fingerprint density at radius 2 is 1.96 bits per heavy atom. The van der Waals surface area contributed by atoms with Gasteiger partial charge in [-0.2, -0.15) is 0 Å². The Labute approximate surface area is 157 Å². The molecule has 0 unspecified atom stereocenters. The quantitative estimate of drug-likeness (QED) is 0.368. The lowest BCUT2D eigenvalue weighted by atomic mass is 10.1. The van der Waals surface area contributed by atoms with Crippen molar-refractivity contribution in [1.82, 2.24) is 9.97 Å². The first-order valence-corrected chi connectivity index (χ1v) is 8.64. The first-order valence-electron chi connectivity index (χ1n) is 8.64. The van der Waals surface area contributed by atoms with Gasteiger partial charge in [0.1, 0.15) is 6.33 Å². The minimum atomic E-state index is -0.446. The van der Waals surface area contributed by atoms with Crippen LogP contribution in [0.3, 0.4) is 0 Å². The molecular formula is C19H21N5O3. The molecule has 0 saturated heterocycles. The van der Waals surface area contributed by atoms with Gasteiger partial charge in [-0.3, -0.25) is 10.1 Å². The molecule has 0 saturated carbocycles. The number of benzene rings is 2. The van der Waals surface area contributed by atoms with E-state index in [1.807, 2.05) is 54.3 Å². The fourth-order valence-electron chi connectivity index (χ4n) is 3.01. The number of hydrogen-bond donors (Lipinski definition) is 1. The number of aromatic nitrogens is 2. The lowest BCUT2D eigenvalue weighted by Crippen LogP contribution is -2.21. The van der Waals surface area contributed by atoms with E-state index in [2.05, 4.69) is 15.3 Å². The molecule has 0 aliphatic carbocycles. The molecule has 0 spiro atoms. The van der Waals surface area contributed by atoms with Crippen molar-refractivity contribution in [2.45, 2.75) is 6.92 Å². The lowest BCUT2D eigenvalue weighted by Gasteiger charge is -2.24. The molecule has 140 valence electrons. The standard InChI is InChI=1S/C19H21N5O3/c1-3-23(16-10-6-8-14-7-4-5-9-15(14)16)19-17(24(25)26)18(21-13-22-19)20-11-12-27-2/h4-10,13H,3,11-12H2,1-2H3,(H,20,21,22). The van der Waals surface area contributed by atoms with Crippen molar-refractivity contribution >= 4 is 33.8 Å². The van der Waals surface area contributed by atoms with Crippen LogP contribution in [0, 0.1) is 10.1 Å². The van der Waals surface area contributed by atoms with Gasteiger partial charge in [0.25, 0.3) is 0 Å². The summed E-state index contributed by atoms with van der Waals surface area (Å²) in [4.78, 5) is 21.5. The van der Waals surface area contributed by atoms with E-state index < -0.39 is 4.92 Å². The molecule has 0 atom stereocenters. The van der Waals surface area contributed by atoms with Crippen molar-refractivity contribution < 1.29 is 9.66 Å². The Hall–Kier alpha value is -3.26. The van der Waals surface area contributed by atoms with Gasteiger partial charge in [0.15, 0.2) is 0 Å². The maximum Gasteiger partial charge on any atom is 0.353 e. The van der Waals surface area contributed by atoms with Gasteiger partial charge in [0, 0.05) is 25.6 Å². The van der Waals surface area contributed by atoms with Gasteiger partial charge in [-0.1, -0.05) is 36.4 Å². The van der Waals surface area contributed by atoms with Crippen LogP contribution >= 0.6 is 0 Å². The second kappa shape index (κ2) is 8.41. The molecule has 8 heteroatoms. The molecule has 3 aromatic rings. The second-order valence-corrected chi connectivity index (χ2v) is 5.81. The van der Waals surface area contributed by atoms with Crippen LogP contribution in [-0.2, 0) is 4.74 Å². The van der Waals surface area contributed by atoms with Crippen molar-refractivity contribution in [1.29, 1.82) is 0 Å². The molecule has 0 aliphatic rings. The third kappa shape index (κ3) is 3.80. The topological polar surface area (TPSA) is 93.4 Å². The molecule has 0 bridgehead atoms. The molecular weight excluding hydrogens is 346 g/mol. The van der Waals surface area contributed by atoms with Crippen LogP contribution in [0.4, 0.5) is 23.0 Å². The second-order valence-electron chi connectivity index (χ2n) is 5.81. The molecule has 8 nitrogen and oxygen atoms in total. The van der Waals surface area contributed by atoms with Crippen LogP contribution in [0.1, 0.15) is 6.92 Å². The maximum absolute atomic E-state index is 11.8. The molecule has 1 heterocycles. The molecule has 3 rings (SSSR count). The SMILES string of the molecule is CCN(c1ncnc(NCCOC)c1[N+](=O)[O-])c1cccc2ccccc12. The Morgan fingerprint density at radius 3 is 2.70 bits per heavy atom. The van der Waals surface area contributed by atoms with Gasteiger partial charge < -0.3 is 15.0 Å². The first kappa shape index (κ1) is 18.5. The van der Waals surface area contributed by atoms with Gasteiger partial charge in [-0.15, -0.1) is 0 Å². The number of nitrogens with one attached hydrogen (secondary N) is 1. The monoisotopic (exact) mass is 367 g/mol. The Balaban J connectivity index is 2.12. The number of nitro groups is 1. The number of fused-ring (bicyclic) bond motifs is 1. The van der Waals surface area contributed by atoms with E-state index in [4.69, 9.17) is 4.74 Å². The summed E-state index contributed by atoms with van der Waals surface area (Å²) in [5, 5.41) is 16.8. The fraction of sp³-hybridized carbons (Fsp3) is 0.263. The van der Waals surface area contributed by atoms with E-state index in [1.165, 1.54) is 6.33 Å². The van der Waals surface area contributed by atoms with Crippen molar-refractivity contribution in [3.05, 3.63) is 58.9 Å². The van der Waals surface area contributed by atoms with Crippen LogP contribution in [0.15, 0.2) is 48.8 Å². The highest BCUT2D eigenvalue weighted by Crippen LogP contribution is 2.38. The number of hydrogen-bond acceptors (Lipinski definition) is 7. The number of nitrogens with zero attached hydrogens (tertiary/aromatic N) is 4. The van der Waals surface area contributed by atoms with Crippen molar-refractivity contribution in [2.75, 3.05) is 37.0 Å². The van der Waals surface area contributed by atoms with E-state index in [9.17, 15) is 10.1 Å². The van der Waals surface area contributed by atoms with E-state index >= 15 is 0 Å². The minimum absolute atomic E-state index is 0.150. The van der Waals surface area contributed by atoms with Crippen LogP contribution in [0.25, 0.3) is 10.8 Å². The predicted molar refractivity (Wildman–Crippen MR) is 106 cm³/mol. The molecule has 2 aromatic carbocycles. The Bertz CT molecular complexity index is 942. The van der Waals surface area contributed by atoms with Gasteiger partial charge in [-0.05, 0) is 18.4 Å². The average molecular weight is 367 g/mol. The van der Waals surface area contributed by atoms with Crippen LogP contribution in [0.2, 0.25) is 0 Å². The van der Waals surface area contributed by atoms with E-state index in [1.54, 1.807) is 7.11 Å². The zero-order chi connectivity index (χ0) is 19.2. The van der Waals surface area contributed by atoms with Crippen LogP contribution in [-0.4, -0.2) is 41.7 Å². The molecule has 0 amide bonds. The van der Waals surface area contributed by atoms with Gasteiger partial charge in [-0.25, -0.2) is 9.97 Å². The van der Waals surface area contributed by atoms with Crippen molar-refractivity contribution in [2.24, 2.45) is 0 Å². The van der Waals surface area contributed by atoms with Gasteiger partial charge in [0.05, 0.1) is 17.2 Å². The maximum atomic E-state index is 11.8. The summed E-state index contributed by atoms with van der Waals surface area (Å²) in [5.41, 5.74) is 0.712. The zero-order valence-corrected chi connectivity index (χ0v) is 15.3. The molecule has 0 aliphatic heterocycles. The van der Waals surface area contributed by atoms with E-state index in [0.29, 0.717) is 19.7 Å². The number of anilines is 3. The normalized spacial score (nSPS) is 10.7. The predicted octanol–water partition coefficient (Wildman–Crippen LogP) is 3.75. The largest absolute Gasteiger partial charge is 0.383 e. The van der Waals surface area contributed by atoms with Gasteiger partial charge in [0.2, 0.25) is 11.6 Å². The Morgan fingerprint density at radius 1 is 1.19 bits per heavy atom. The minimum Gasteiger partial charge on any atom is -0.383 e. The highest BCUT2D eigenvalue weighted by molar-refractivity contribution is 5.96. The van der Waals surface area contributed by atoms with Gasteiger partial charge >= 0.3 is 5.69 Å². The molecule has 0 fully saturated rings. The summed E-state index contributed by atoms with van der Waals surface area (Å²) in [5.74, 6) is 0.439. The summed E-state index contributed by atoms with van der Waals surface area (Å²) >= 11 is 0. The average Bonchev–Trinajstić information content (AvgIpc) is 2.69. The Kier molecular flexibility index (Phi) is 5.77. The van der Waals surface area contributed by atoms with Crippen LogP contribution < -0.4 is 10.2 Å². The summed E-state index contributed by atoms with van der Waals surface area (Å²) in [6.45, 7) is 3.28. The number of rotatable bonds is 8. The zero-order valence-electron chi connectivity index (χ0n) is 15.3. The number of methoxy groups -OCH3 is 1. The third-order valence-corrected chi connectivity index (χ3v) is 4.21. The third-order valence-electron chi connectivity index (χ3n) is 4.21. The highest BCUT2D eigenvalue weighted by atomic mass is 16.6. The lowest BCUT2D eigenvalue weighted by molar-refractivity contribution is -0.383. The fourth-order valence-corrected chi connectivity index (χ4v) is 3.01. The summed E-state index contributed by atoms with van der Waals surface area (Å²) in [6.07, 6.45) is 1.34. The van der Waals surface area contributed by atoms with E-state index in [-0.39, 0.29) is 17.3 Å².